The highest BCUT2D eigenvalue weighted by Gasteiger charge is 2.27. The van der Waals surface area contributed by atoms with Crippen LogP contribution in [0.2, 0.25) is 0 Å². The quantitative estimate of drug-likeness (QED) is 0.790. The number of ether oxygens (including phenoxy) is 1. The SMILES string of the molecule is O=C(Nc1ccc(F)c(F)c1)c1ccc(OC2CC2)c(N2CCCCC(O)C2)c1. The summed E-state index contributed by atoms with van der Waals surface area (Å²) < 4.78 is 32.6. The highest BCUT2D eigenvalue weighted by molar-refractivity contribution is 6.05. The third kappa shape index (κ3) is 4.85. The fraction of sp³-hybridized carbons (Fsp3) is 0.409. The van der Waals surface area contributed by atoms with Crippen molar-refractivity contribution >= 4 is 17.3 Å². The molecule has 1 saturated carbocycles. The van der Waals surface area contributed by atoms with E-state index in [1.54, 1.807) is 18.2 Å². The highest BCUT2D eigenvalue weighted by atomic mass is 19.2. The smallest absolute Gasteiger partial charge is 0.255 e. The molecular formula is C22H24F2N2O3. The monoisotopic (exact) mass is 402 g/mol. The average Bonchev–Trinajstić information content (AvgIpc) is 3.53. The number of hydrogen-bond acceptors (Lipinski definition) is 4. The van der Waals surface area contributed by atoms with Crippen LogP contribution in [0.1, 0.15) is 42.5 Å². The van der Waals surface area contributed by atoms with Gasteiger partial charge in [0.1, 0.15) is 5.75 Å². The van der Waals surface area contributed by atoms with Crippen molar-refractivity contribution in [3.05, 3.63) is 53.6 Å². The molecule has 1 aliphatic heterocycles. The summed E-state index contributed by atoms with van der Waals surface area (Å²) in [5.41, 5.74) is 1.33. The Morgan fingerprint density at radius 2 is 1.90 bits per heavy atom. The lowest BCUT2D eigenvalue weighted by atomic mass is 10.1. The second-order valence-electron chi connectivity index (χ2n) is 7.68. The molecule has 2 aromatic carbocycles. The maximum Gasteiger partial charge on any atom is 0.255 e. The predicted molar refractivity (Wildman–Crippen MR) is 106 cm³/mol. The Hall–Kier alpha value is -2.67. The molecule has 2 fully saturated rings. The van der Waals surface area contributed by atoms with Crippen molar-refractivity contribution in [3.8, 4) is 5.75 Å². The maximum atomic E-state index is 13.4. The second-order valence-corrected chi connectivity index (χ2v) is 7.68. The number of anilines is 2. The maximum absolute atomic E-state index is 13.4. The van der Waals surface area contributed by atoms with Gasteiger partial charge in [-0.3, -0.25) is 4.79 Å². The van der Waals surface area contributed by atoms with Gasteiger partial charge in [-0.1, -0.05) is 0 Å². The number of aliphatic hydroxyl groups is 1. The number of hydrogen-bond donors (Lipinski definition) is 2. The summed E-state index contributed by atoms with van der Waals surface area (Å²) in [6.07, 6.45) is 4.46. The number of carbonyl (C=O) groups is 1. The number of rotatable bonds is 5. The van der Waals surface area contributed by atoms with E-state index >= 15 is 0 Å². The fourth-order valence-electron chi connectivity index (χ4n) is 3.49. The third-order valence-electron chi connectivity index (χ3n) is 5.20. The Morgan fingerprint density at radius 3 is 2.66 bits per heavy atom. The Labute approximate surface area is 168 Å². The molecule has 0 radical (unpaired) electrons. The van der Waals surface area contributed by atoms with Crippen LogP contribution in [-0.4, -0.2) is 36.3 Å². The van der Waals surface area contributed by atoms with Crippen molar-refractivity contribution in [1.82, 2.24) is 0 Å². The molecule has 0 spiro atoms. The van der Waals surface area contributed by atoms with Crippen LogP contribution in [-0.2, 0) is 0 Å². The summed E-state index contributed by atoms with van der Waals surface area (Å²) >= 11 is 0. The lowest BCUT2D eigenvalue weighted by Crippen LogP contribution is -2.31. The van der Waals surface area contributed by atoms with Gasteiger partial charge in [0.25, 0.3) is 5.91 Å². The van der Waals surface area contributed by atoms with Crippen LogP contribution in [0.3, 0.4) is 0 Å². The number of amides is 1. The first-order chi connectivity index (χ1) is 14.0. The zero-order valence-corrected chi connectivity index (χ0v) is 16.0. The van der Waals surface area contributed by atoms with Crippen LogP contribution in [0.4, 0.5) is 20.2 Å². The normalized spacial score (nSPS) is 19.6. The summed E-state index contributed by atoms with van der Waals surface area (Å²) in [5.74, 6) is -1.71. The van der Waals surface area contributed by atoms with Crippen molar-refractivity contribution in [3.63, 3.8) is 0 Å². The van der Waals surface area contributed by atoms with E-state index in [1.165, 1.54) is 6.07 Å². The number of benzene rings is 2. The molecule has 29 heavy (non-hydrogen) atoms. The van der Waals surface area contributed by atoms with Crippen molar-refractivity contribution in [2.75, 3.05) is 23.3 Å². The van der Waals surface area contributed by atoms with Gasteiger partial charge >= 0.3 is 0 Å². The van der Waals surface area contributed by atoms with Crippen molar-refractivity contribution in [2.24, 2.45) is 0 Å². The summed E-state index contributed by atoms with van der Waals surface area (Å²) in [6.45, 7) is 1.25. The molecule has 1 amide bonds. The molecule has 1 atom stereocenters. The largest absolute Gasteiger partial charge is 0.488 e. The Kier molecular flexibility index (Phi) is 5.67. The van der Waals surface area contributed by atoms with E-state index in [2.05, 4.69) is 10.2 Å². The third-order valence-corrected chi connectivity index (χ3v) is 5.20. The van der Waals surface area contributed by atoms with Gasteiger partial charge in [0.2, 0.25) is 0 Å². The van der Waals surface area contributed by atoms with Crippen LogP contribution in [0.5, 0.6) is 5.75 Å². The standard InChI is InChI=1S/C22H24F2N2O3/c23-18-8-5-15(12-19(18)24)25-22(28)14-4-9-21(29-17-6-7-17)20(11-14)26-10-2-1-3-16(27)13-26/h4-5,8-9,11-12,16-17,27H,1-3,6-7,10,13H2,(H,25,28). The van der Waals surface area contributed by atoms with E-state index in [1.807, 2.05) is 0 Å². The van der Waals surface area contributed by atoms with Crippen LogP contribution < -0.4 is 15.0 Å². The van der Waals surface area contributed by atoms with Gasteiger partial charge in [0.05, 0.1) is 17.9 Å². The summed E-state index contributed by atoms with van der Waals surface area (Å²) in [7, 11) is 0. The molecule has 5 nitrogen and oxygen atoms in total. The van der Waals surface area contributed by atoms with Gasteiger partial charge in [0.15, 0.2) is 11.6 Å². The Bertz CT molecular complexity index is 902. The molecule has 1 aliphatic carbocycles. The first-order valence-electron chi connectivity index (χ1n) is 10.00. The molecule has 2 aromatic rings. The summed E-state index contributed by atoms with van der Waals surface area (Å²) in [6, 6.07) is 8.40. The van der Waals surface area contributed by atoms with Gasteiger partial charge in [-0.15, -0.1) is 0 Å². The number of nitrogens with zero attached hydrogens (tertiary/aromatic N) is 1. The van der Waals surface area contributed by atoms with Gasteiger partial charge in [0, 0.05) is 30.4 Å². The lowest BCUT2D eigenvalue weighted by Gasteiger charge is -2.27. The lowest BCUT2D eigenvalue weighted by molar-refractivity contribution is 0.102. The molecule has 4 rings (SSSR count). The number of β-amino-alcohol motifs (C(OH)–C–C–N with tert-alkyl or cyclic N) is 1. The fourth-order valence-corrected chi connectivity index (χ4v) is 3.49. The Balaban J connectivity index is 1.59. The first kappa shape index (κ1) is 19.6. The molecule has 1 heterocycles. The van der Waals surface area contributed by atoms with E-state index in [0.717, 1.165) is 56.5 Å². The minimum absolute atomic E-state index is 0.180. The molecule has 154 valence electrons. The zero-order chi connectivity index (χ0) is 20.4. The summed E-state index contributed by atoms with van der Waals surface area (Å²) in [5, 5.41) is 12.8. The van der Waals surface area contributed by atoms with Crippen molar-refractivity contribution in [2.45, 2.75) is 44.3 Å². The van der Waals surface area contributed by atoms with Gasteiger partial charge < -0.3 is 20.1 Å². The van der Waals surface area contributed by atoms with Crippen molar-refractivity contribution in [1.29, 1.82) is 0 Å². The highest BCUT2D eigenvalue weighted by Crippen LogP contribution is 2.36. The van der Waals surface area contributed by atoms with E-state index in [0.29, 0.717) is 17.9 Å². The van der Waals surface area contributed by atoms with E-state index in [-0.39, 0.29) is 11.8 Å². The number of nitrogens with one attached hydrogen (secondary N) is 1. The van der Waals surface area contributed by atoms with E-state index in [9.17, 15) is 18.7 Å². The Morgan fingerprint density at radius 1 is 1.07 bits per heavy atom. The number of carbonyl (C=O) groups excluding carboxylic acids is 1. The number of aliphatic hydroxyl groups excluding tert-OH is 1. The van der Waals surface area contributed by atoms with Crippen LogP contribution in [0, 0.1) is 11.6 Å². The van der Waals surface area contributed by atoms with E-state index < -0.39 is 23.6 Å². The summed E-state index contributed by atoms with van der Waals surface area (Å²) in [4.78, 5) is 14.7. The minimum Gasteiger partial charge on any atom is -0.488 e. The zero-order valence-electron chi connectivity index (χ0n) is 16.0. The van der Waals surface area contributed by atoms with Gasteiger partial charge in [-0.05, 0) is 62.4 Å². The molecule has 1 saturated heterocycles. The van der Waals surface area contributed by atoms with Gasteiger partial charge in [-0.2, -0.15) is 0 Å². The molecule has 0 aromatic heterocycles. The second kappa shape index (κ2) is 8.37. The molecule has 2 aliphatic rings. The first-order valence-corrected chi connectivity index (χ1v) is 10.00. The van der Waals surface area contributed by atoms with E-state index in [4.69, 9.17) is 4.74 Å². The molecule has 0 bridgehead atoms. The number of halogens is 2. The van der Waals surface area contributed by atoms with Crippen LogP contribution in [0.15, 0.2) is 36.4 Å². The predicted octanol–water partition coefficient (Wildman–Crippen LogP) is 4.11. The molecule has 1 unspecified atom stereocenters. The molecular weight excluding hydrogens is 378 g/mol. The minimum atomic E-state index is -1.02. The van der Waals surface area contributed by atoms with Crippen LogP contribution >= 0.6 is 0 Å². The van der Waals surface area contributed by atoms with Crippen molar-refractivity contribution < 1.29 is 23.4 Å². The average molecular weight is 402 g/mol. The molecule has 2 N–H and O–H groups in total. The topological polar surface area (TPSA) is 61.8 Å². The molecule has 7 heteroatoms. The van der Waals surface area contributed by atoms with Gasteiger partial charge in [-0.25, -0.2) is 8.78 Å². The van der Waals surface area contributed by atoms with Crippen LogP contribution in [0.25, 0.3) is 0 Å².